The van der Waals surface area contributed by atoms with Crippen LogP contribution in [0.1, 0.15) is 19.3 Å². The summed E-state index contributed by atoms with van der Waals surface area (Å²) in [6.07, 6.45) is 0.655. The molecule has 1 aliphatic carbocycles. The van der Waals surface area contributed by atoms with Gasteiger partial charge in [0.05, 0.1) is 6.10 Å². The van der Waals surface area contributed by atoms with Crippen LogP contribution in [0.3, 0.4) is 0 Å². The predicted octanol–water partition coefficient (Wildman–Crippen LogP) is 1.57. The number of rotatable bonds is 0. The summed E-state index contributed by atoms with van der Waals surface area (Å²) in [4.78, 5) is 0. The highest BCUT2D eigenvalue weighted by Gasteiger charge is 2.58. The molecule has 2 aliphatic rings. The van der Waals surface area contributed by atoms with Gasteiger partial charge in [0.25, 0.3) is 5.92 Å². The molecule has 1 saturated carbocycles. The molecule has 1 aliphatic heterocycles. The predicted molar refractivity (Wildman–Crippen MR) is 27.5 cm³/mol. The van der Waals surface area contributed by atoms with E-state index in [-0.39, 0.29) is 12.5 Å². The molecule has 2 unspecified atom stereocenters. The van der Waals surface area contributed by atoms with Crippen molar-refractivity contribution in [1.82, 2.24) is 0 Å². The third-order valence-electron chi connectivity index (χ3n) is 2.00. The maximum atomic E-state index is 12.5. The molecule has 1 heterocycles. The summed E-state index contributed by atoms with van der Waals surface area (Å²) in [5, 5.41) is 0. The van der Waals surface area contributed by atoms with Crippen molar-refractivity contribution in [2.45, 2.75) is 37.4 Å². The largest absolute Gasteiger partial charge is 0.363 e. The molecule has 2 fully saturated rings. The van der Waals surface area contributed by atoms with Crippen molar-refractivity contribution in [2.75, 3.05) is 0 Å². The SMILES string of the molecule is FC1(F)CCCC2OC21. The van der Waals surface area contributed by atoms with Crippen LogP contribution in [0.4, 0.5) is 8.78 Å². The Kier molecular flexibility index (Phi) is 0.903. The number of hydrogen-bond acceptors (Lipinski definition) is 1. The second-order valence-corrected chi connectivity index (χ2v) is 2.75. The molecule has 1 saturated heterocycles. The number of fused-ring (bicyclic) bond motifs is 1. The molecular formula is C6H8F2O. The monoisotopic (exact) mass is 134 g/mol. The van der Waals surface area contributed by atoms with Crippen molar-refractivity contribution in [3.8, 4) is 0 Å². The number of hydrogen-bond donors (Lipinski definition) is 0. The van der Waals surface area contributed by atoms with Crippen molar-refractivity contribution in [1.29, 1.82) is 0 Å². The molecule has 0 spiro atoms. The van der Waals surface area contributed by atoms with Gasteiger partial charge in [0, 0.05) is 6.42 Å². The molecule has 0 aromatic rings. The molecule has 0 N–H and O–H groups in total. The van der Waals surface area contributed by atoms with E-state index in [1.54, 1.807) is 0 Å². The first-order valence-corrected chi connectivity index (χ1v) is 3.23. The quantitative estimate of drug-likeness (QED) is 0.458. The van der Waals surface area contributed by atoms with Crippen LogP contribution >= 0.6 is 0 Å². The van der Waals surface area contributed by atoms with Gasteiger partial charge in [-0.3, -0.25) is 0 Å². The molecule has 0 aromatic carbocycles. The molecular weight excluding hydrogens is 126 g/mol. The van der Waals surface area contributed by atoms with Crippen molar-refractivity contribution in [2.24, 2.45) is 0 Å². The second kappa shape index (κ2) is 1.45. The molecule has 9 heavy (non-hydrogen) atoms. The minimum absolute atomic E-state index is 0.0220. The molecule has 0 bridgehead atoms. The fourth-order valence-corrected chi connectivity index (χ4v) is 1.42. The summed E-state index contributed by atoms with van der Waals surface area (Å²) in [5.41, 5.74) is 0. The number of ether oxygens (including phenoxy) is 1. The lowest BCUT2D eigenvalue weighted by Crippen LogP contribution is -2.28. The van der Waals surface area contributed by atoms with Gasteiger partial charge in [-0.1, -0.05) is 0 Å². The van der Waals surface area contributed by atoms with Crippen LogP contribution in [-0.4, -0.2) is 18.1 Å². The van der Waals surface area contributed by atoms with E-state index in [0.717, 1.165) is 6.42 Å². The molecule has 0 amide bonds. The first-order valence-electron chi connectivity index (χ1n) is 3.23. The third kappa shape index (κ3) is 0.748. The average Bonchev–Trinajstić information content (AvgIpc) is 2.43. The van der Waals surface area contributed by atoms with E-state index in [2.05, 4.69) is 0 Å². The summed E-state index contributed by atoms with van der Waals surface area (Å²) in [7, 11) is 0. The fourth-order valence-electron chi connectivity index (χ4n) is 1.42. The van der Waals surface area contributed by atoms with E-state index < -0.39 is 12.0 Å². The Morgan fingerprint density at radius 2 is 2.22 bits per heavy atom. The van der Waals surface area contributed by atoms with Gasteiger partial charge in [-0.15, -0.1) is 0 Å². The highest BCUT2D eigenvalue weighted by Crippen LogP contribution is 2.46. The van der Waals surface area contributed by atoms with Crippen LogP contribution in [0, 0.1) is 0 Å². The molecule has 1 nitrogen and oxygen atoms in total. The molecule has 0 aromatic heterocycles. The lowest BCUT2D eigenvalue weighted by molar-refractivity contribution is -0.0384. The van der Waals surface area contributed by atoms with E-state index in [0.29, 0.717) is 6.42 Å². The molecule has 2 rings (SSSR count). The van der Waals surface area contributed by atoms with Gasteiger partial charge in [-0.25, -0.2) is 8.78 Å². The summed E-state index contributed by atoms with van der Waals surface area (Å²) >= 11 is 0. The van der Waals surface area contributed by atoms with Crippen LogP contribution in [0.25, 0.3) is 0 Å². The topological polar surface area (TPSA) is 12.5 Å². The fraction of sp³-hybridized carbons (Fsp3) is 1.00. The molecule has 2 atom stereocenters. The Hall–Kier alpha value is -0.180. The zero-order valence-corrected chi connectivity index (χ0v) is 4.94. The van der Waals surface area contributed by atoms with Crippen molar-refractivity contribution >= 4 is 0 Å². The van der Waals surface area contributed by atoms with Gasteiger partial charge in [0.1, 0.15) is 6.10 Å². The van der Waals surface area contributed by atoms with Gasteiger partial charge < -0.3 is 4.74 Å². The Bertz CT molecular complexity index is 135. The number of halogens is 2. The smallest absolute Gasteiger partial charge is 0.276 e. The van der Waals surface area contributed by atoms with Crippen LogP contribution in [0.2, 0.25) is 0 Å². The molecule has 0 radical (unpaired) electrons. The van der Waals surface area contributed by atoms with Crippen molar-refractivity contribution < 1.29 is 13.5 Å². The lowest BCUT2D eigenvalue weighted by atomic mass is 9.97. The first kappa shape index (κ1) is 5.59. The second-order valence-electron chi connectivity index (χ2n) is 2.75. The summed E-state index contributed by atoms with van der Waals surface area (Å²) < 4.78 is 29.8. The minimum atomic E-state index is -2.51. The minimum Gasteiger partial charge on any atom is -0.363 e. The average molecular weight is 134 g/mol. The normalized spacial score (nSPS) is 46.0. The van der Waals surface area contributed by atoms with Gasteiger partial charge in [-0.2, -0.15) is 0 Å². The summed E-state index contributed by atoms with van der Waals surface area (Å²) in [6.45, 7) is 0. The van der Waals surface area contributed by atoms with Crippen molar-refractivity contribution in [3.63, 3.8) is 0 Å². The Morgan fingerprint density at radius 1 is 1.44 bits per heavy atom. The standard InChI is InChI=1S/C6H8F2O/c7-6(8)3-1-2-4-5(6)9-4/h4-5H,1-3H2. The van der Waals surface area contributed by atoms with E-state index in [1.807, 2.05) is 0 Å². The highest BCUT2D eigenvalue weighted by molar-refractivity contribution is 4.99. The Labute approximate surface area is 52.0 Å². The Balaban J connectivity index is 2.09. The van der Waals surface area contributed by atoms with Gasteiger partial charge in [0.15, 0.2) is 0 Å². The van der Waals surface area contributed by atoms with Gasteiger partial charge in [-0.05, 0) is 12.8 Å². The van der Waals surface area contributed by atoms with E-state index in [1.165, 1.54) is 0 Å². The van der Waals surface area contributed by atoms with Gasteiger partial charge in [0.2, 0.25) is 0 Å². The van der Waals surface area contributed by atoms with Crippen LogP contribution in [0.5, 0.6) is 0 Å². The van der Waals surface area contributed by atoms with Crippen LogP contribution < -0.4 is 0 Å². The van der Waals surface area contributed by atoms with Crippen molar-refractivity contribution in [3.05, 3.63) is 0 Å². The summed E-state index contributed by atoms with van der Waals surface area (Å²) in [5.74, 6) is -2.51. The third-order valence-corrected chi connectivity index (χ3v) is 2.00. The van der Waals surface area contributed by atoms with E-state index in [9.17, 15) is 8.78 Å². The maximum Gasteiger partial charge on any atom is 0.276 e. The molecule has 3 heteroatoms. The summed E-state index contributed by atoms with van der Waals surface area (Å²) in [6, 6.07) is 0. The van der Waals surface area contributed by atoms with Gasteiger partial charge >= 0.3 is 0 Å². The number of alkyl halides is 2. The van der Waals surface area contributed by atoms with E-state index in [4.69, 9.17) is 4.74 Å². The highest BCUT2D eigenvalue weighted by atomic mass is 19.3. The van der Waals surface area contributed by atoms with Crippen LogP contribution in [-0.2, 0) is 4.74 Å². The number of epoxide rings is 1. The van der Waals surface area contributed by atoms with Crippen LogP contribution in [0.15, 0.2) is 0 Å². The zero-order chi connectivity index (χ0) is 6.48. The lowest BCUT2D eigenvalue weighted by Gasteiger charge is -2.16. The zero-order valence-electron chi connectivity index (χ0n) is 4.94. The van der Waals surface area contributed by atoms with E-state index >= 15 is 0 Å². The maximum absolute atomic E-state index is 12.5. The molecule has 52 valence electrons. The first-order chi connectivity index (χ1) is 4.20. The Morgan fingerprint density at radius 3 is 2.78 bits per heavy atom.